The van der Waals surface area contributed by atoms with Gasteiger partial charge in [0.15, 0.2) is 5.78 Å². The van der Waals surface area contributed by atoms with Gasteiger partial charge >= 0.3 is 5.97 Å². The number of imide groups is 1. The predicted molar refractivity (Wildman–Crippen MR) is 97.9 cm³/mol. The molecule has 154 valence electrons. The lowest BCUT2D eigenvalue weighted by molar-refractivity contribution is -0.139. The fourth-order valence-electron chi connectivity index (χ4n) is 2.83. The van der Waals surface area contributed by atoms with Crippen LogP contribution in [0.5, 0.6) is 0 Å². The van der Waals surface area contributed by atoms with Gasteiger partial charge in [-0.15, -0.1) is 0 Å². The van der Waals surface area contributed by atoms with Crippen LogP contribution in [0.15, 0.2) is 12.2 Å². The third kappa shape index (κ3) is 7.05. The smallest absolute Gasteiger partial charge is 0.303 e. The van der Waals surface area contributed by atoms with E-state index in [9.17, 15) is 28.8 Å². The van der Waals surface area contributed by atoms with Crippen LogP contribution in [0.25, 0.3) is 0 Å². The van der Waals surface area contributed by atoms with Gasteiger partial charge in [-0.05, 0) is 6.42 Å². The highest BCUT2D eigenvalue weighted by Gasteiger charge is 2.28. The molecule has 0 spiro atoms. The molecule has 0 saturated carbocycles. The second-order valence-corrected chi connectivity index (χ2v) is 7.09. The van der Waals surface area contributed by atoms with Gasteiger partial charge in [0.2, 0.25) is 5.91 Å². The van der Waals surface area contributed by atoms with Crippen molar-refractivity contribution < 1.29 is 33.9 Å². The normalized spacial score (nSPS) is 15.6. The monoisotopic (exact) mass is 394 g/mol. The molecule has 28 heavy (non-hydrogen) atoms. The molecule has 1 heterocycles. The third-order valence-electron chi connectivity index (χ3n) is 4.40. The van der Waals surface area contributed by atoms with Crippen LogP contribution in [0.3, 0.4) is 0 Å². The molecule has 9 nitrogen and oxygen atoms in total. The van der Waals surface area contributed by atoms with Crippen LogP contribution >= 0.6 is 0 Å². The van der Waals surface area contributed by atoms with Crippen molar-refractivity contribution in [3.63, 3.8) is 0 Å². The van der Waals surface area contributed by atoms with Crippen molar-refractivity contribution in [2.45, 2.75) is 52.5 Å². The Bertz CT molecular complexity index is 678. The van der Waals surface area contributed by atoms with E-state index in [0.717, 1.165) is 17.1 Å². The van der Waals surface area contributed by atoms with Crippen LogP contribution in [0.4, 0.5) is 0 Å². The first-order valence-corrected chi connectivity index (χ1v) is 9.14. The molecule has 1 aliphatic rings. The Morgan fingerprint density at radius 3 is 2.11 bits per heavy atom. The first-order valence-electron chi connectivity index (χ1n) is 9.14. The largest absolute Gasteiger partial charge is 0.481 e. The molecule has 0 fully saturated rings. The minimum absolute atomic E-state index is 0.0878. The number of carboxylic acids is 1. The molecule has 0 aromatic heterocycles. The number of hydrogen-bond acceptors (Lipinski definition) is 6. The standard InChI is InChI=1S/C19H26N2O7/c1-11(2)19(28)12(3)10-14(22)13(4-7-18(26)27)20-15(23)8-9-21-16(24)5-6-17(21)25/h5-6,11-13H,4,7-10H2,1-3H3,(H,20,23)(H,26,27)/t12-,13+/m1/s1. The molecule has 0 radical (unpaired) electrons. The van der Waals surface area contributed by atoms with Crippen molar-refractivity contribution in [2.75, 3.05) is 6.54 Å². The van der Waals surface area contributed by atoms with Gasteiger partial charge in [0, 0.05) is 49.8 Å². The van der Waals surface area contributed by atoms with Crippen molar-refractivity contribution >= 4 is 35.3 Å². The minimum atomic E-state index is -1.11. The molecule has 9 heteroatoms. The number of carbonyl (C=O) groups is 6. The van der Waals surface area contributed by atoms with E-state index in [-0.39, 0.29) is 43.9 Å². The highest BCUT2D eigenvalue weighted by Crippen LogP contribution is 2.14. The number of Topliss-reactive ketones (excluding diaryl/α,β-unsaturated/α-hetero) is 2. The lowest BCUT2D eigenvalue weighted by atomic mass is 9.90. The Morgan fingerprint density at radius 1 is 1.04 bits per heavy atom. The van der Waals surface area contributed by atoms with E-state index in [0.29, 0.717) is 0 Å². The summed E-state index contributed by atoms with van der Waals surface area (Å²) in [6.45, 7) is 4.93. The maximum absolute atomic E-state index is 12.5. The molecule has 3 amide bonds. The van der Waals surface area contributed by atoms with Gasteiger partial charge in [0.05, 0.1) is 6.04 Å². The summed E-state index contributed by atoms with van der Waals surface area (Å²) in [5.41, 5.74) is 0. The molecule has 2 atom stereocenters. The summed E-state index contributed by atoms with van der Waals surface area (Å²) >= 11 is 0. The van der Waals surface area contributed by atoms with E-state index < -0.39 is 41.4 Å². The van der Waals surface area contributed by atoms with E-state index in [1.807, 2.05) is 0 Å². The third-order valence-corrected chi connectivity index (χ3v) is 4.40. The van der Waals surface area contributed by atoms with Gasteiger partial charge in [0.1, 0.15) is 5.78 Å². The molecule has 0 aliphatic carbocycles. The van der Waals surface area contributed by atoms with Crippen LogP contribution in [0.2, 0.25) is 0 Å². The topological polar surface area (TPSA) is 138 Å². The zero-order valence-electron chi connectivity index (χ0n) is 16.3. The molecule has 0 bridgehead atoms. The second-order valence-electron chi connectivity index (χ2n) is 7.09. The van der Waals surface area contributed by atoms with Crippen molar-refractivity contribution in [1.29, 1.82) is 0 Å². The average Bonchev–Trinajstić information content (AvgIpc) is 2.93. The van der Waals surface area contributed by atoms with E-state index >= 15 is 0 Å². The van der Waals surface area contributed by atoms with Gasteiger partial charge < -0.3 is 10.4 Å². The number of carboxylic acid groups (broad SMARTS) is 1. The summed E-state index contributed by atoms with van der Waals surface area (Å²) in [4.78, 5) is 71.3. The van der Waals surface area contributed by atoms with Crippen molar-refractivity contribution in [2.24, 2.45) is 11.8 Å². The van der Waals surface area contributed by atoms with E-state index in [1.54, 1.807) is 20.8 Å². The molecule has 1 aliphatic heterocycles. The second kappa shape index (κ2) is 10.5. The lowest BCUT2D eigenvalue weighted by Crippen LogP contribution is -2.43. The number of hydrogen-bond donors (Lipinski definition) is 2. The van der Waals surface area contributed by atoms with E-state index in [2.05, 4.69) is 5.32 Å². The molecule has 2 N–H and O–H groups in total. The maximum Gasteiger partial charge on any atom is 0.303 e. The van der Waals surface area contributed by atoms with Crippen LogP contribution < -0.4 is 5.32 Å². The Balaban J connectivity index is 2.67. The van der Waals surface area contributed by atoms with Gasteiger partial charge in [0.25, 0.3) is 11.8 Å². The number of rotatable bonds is 12. The number of aliphatic carboxylic acids is 1. The highest BCUT2D eigenvalue weighted by molar-refractivity contribution is 6.13. The number of nitrogens with one attached hydrogen (secondary N) is 1. The van der Waals surface area contributed by atoms with Crippen molar-refractivity contribution in [1.82, 2.24) is 10.2 Å². The number of nitrogens with zero attached hydrogens (tertiary/aromatic N) is 1. The Hall–Kier alpha value is -2.84. The first kappa shape index (κ1) is 23.2. The molecule has 0 aromatic carbocycles. The summed E-state index contributed by atoms with van der Waals surface area (Å²) in [5.74, 6) is -4.02. The lowest BCUT2D eigenvalue weighted by Gasteiger charge is -2.20. The number of carbonyl (C=O) groups excluding carboxylic acids is 5. The molecule has 0 aromatic rings. The Kier molecular flexibility index (Phi) is 8.69. The molecular weight excluding hydrogens is 368 g/mol. The fraction of sp³-hybridized carbons (Fsp3) is 0.579. The molecule has 1 rings (SSSR count). The molecular formula is C19H26N2O7. The summed E-state index contributed by atoms with van der Waals surface area (Å²) in [6, 6.07) is -1.05. The van der Waals surface area contributed by atoms with Crippen molar-refractivity contribution in [3.05, 3.63) is 12.2 Å². The fourth-order valence-corrected chi connectivity index (χ4v) is 2.83. The first-order chi connectivity index (χ1) is 13.0. The SMILES string of the molecule is CC(C)C(=O)[C@H](C)CC(=O)[C@H](CCC(=O)O)NC(=O)CCN1C(=O)C=CC1=O. The van der Waals surface area contributed by atoms with Crippen LogP contribution in [0.1, 0.15) is 46.5 Å². The molecule has 0 unspecified atom stereocenters. The summed E-state index contributed by atoms with van der Waals surface area (Å²) < 4.78 is 0. The number of amides is 3. The zero-order valence-corrected chi connectivity index (χ0v) is 16.3. The summed E-state index contributed by atoms with van der Waals surface area (Å²) in [6.07, 6.45) is 1.46. The van der Waals surface area contributed by atoms with E-state index in [4.69, 9.17) is 5.11 Å². The average molecular weight is 394 g/mol. The minimum Gasteiger partial charge on any atom is -0.481 e. The summed E-state index contributed by atoms with van der Waals surface area (Å²) in [7, 11) is 0. The highest BCUT2D eigenvalue weighted by atomic mass is 16.4. The zero-order chi connectivity index (χ0) is 21.4. The summed E-state index contributed by atoms with van der Waals surface area (Å²) in [5, 5.41) is 11.3. The van der Waals surface area contributed by atoms with E-state index in [1.165, 1.54) is 0 Å². The predicted octanol–water partition coefficient (Wildman–Crippen LogP) is 0.472. The van der Waals surface area contributed by atoms with Crippen LogP contribution in [-0.2, 0) is 28.8 Å². The van der Waals surface area contributed by atoms with Gasteiger partial charge in [-0.25, -0.2) is 0 Å². The maximum atomic E-state index is 12.5. The van der Waals surface area contributed by atoms with Crippen LogP contribution in [-0.4, -0.2) is 57.9 Å². The quantitative estimate of drug-likeness (QED) is 0.459. The van der Waals surface area contributed by atoms with Crippen molar-refractivity contribution in [3.8, 4) is 0 Å². The Morgan fingerprint density at radius 2 is 1.61 bits per heavy atom. The van der Waals surface area contributed by atoms with Crippen LogP contribution in [0, 0.1) is 11.8 Å². The number of ketones is 2. The Labute approximate surface area is 163 Å². The van der Waals surface area contributed by atoms with Gasteiger partial charge in [-0.1, -0.05) is 20.8 Å². The van der Waals surface area contributed by atoms with Gasteiger partial charge in [-0.3, -0.25) is 33.7 Å². The molecule has 0 saturated heterocycles. The van der Waals surface area contributed by atoms with Gasteiger partial charge in [-0.2, -0.15) is 0 Å².